The molecule has 92 valence electrons. The zero-order valence-corrected chi connectivity index (χ0v) is 11.9. The molecule has 1 atom stereocenters. The van der Waals surface area contributed by atoms with Gasteiger partial charge in [-0.3, -0.25) is 10.3 Å². The summed E-state index contributed by atoms with van der Waals surface area (Å²) in [4.78, 5) is 4.40. The topological polar surface area (TPSA) is 48.7 Å². The van der Waals surface area contributed by atoms with E-state index in [1.165, 1.54) is 0 Å². The molecule has 1 unspecified atom stereocenters. The van der Waals surface area contributed by atoms with Crippen molar-refractivity contribution in [1.29, 1.82) is 5.26 Å². The normalized spacial score (nSPS) is 12.6. The van der Waals surface area contributed by atoms with Crippen LogP contribution >= 0.6 is 15.9 Å². The zero-order chi connectivity index (χ0) is 13.1. The van der Waals surface area contributed by atoms with Gasteiger partial charge in [-0.15, -0.1) is 0 Å². The van der Waals surface area contributed by atoms with E-state index in [1.807, 2.05) is 38.1 Å². The third-order valence-electron chi connectivity index (χ3n) is 2.69. The van der Waals surface area contributed by atoms with E-state index >= 15 is 0 Å². The number of benzene rings is 1. The lowest BCUT2D eigenvalue weighted by Gasteiger charge is -2.16. The van der Waals surface area contributed by atoms with Crippen LogP contribution < -0.4 is 5.32 Å². The van der Waals surface area contributed by atoms with E-state index < -0.39 is 0 Å². The highest BCUT2D eigenvalue weighted by atomic mass is 79.9. The van der Waals surface area contributed by atoms with Crippen molar-refractivity contribution < 1.29 is 0 Å². The Balaban J connectivity index is 2.57. The monoisotopic (exact) mass is 303 g/mol. The van der Waals surface area contributed by atoms with Gasteiger partial charge in [0, 0.05) is 27.7 Å². The van der Waals surface area contributed by atoms with Gasteiger partial charge >= 0.3 is 0 Å². The van der Waals surface area contributed by atoms with Crippen molar-refractivity contribution in [3.63, 3.8) is 0 Å². The lowest BCUT2D eigenvalue weighted by Crippen LogP contribution is -2.27. The average Bonchev–Trinajstić information content (AvgIpc) is 2.37. The van der Waals surface area contributed by atoms with E-state index in [4.69, 9.17) is 0 Å². The van der Waals surface area contributed by atoms with Gasteiger partial charge in [0.05, 0.1) is 11.6 Å². The van der Waals surface area contributed by atoms with Crippen LogP contribution in [0, 0.1) is 11.3 Å². The number of aromatic nitrogens is 1. The molecule has 0 aliphatic rings. The van der Waals surface area contributed by atoms with Crippen LogP contribution in [0.4, 0.5) is 0 Å². The van der Waals surface area contributed by atoms with Gasteiger partial charge in [0.25, 0.3) is 0 Å². The maximum absolute atomic E-state index is 9.31. The molecule has 0 fully saturated rings. The quantitative estimate of drug-likeness (QED) is 0.943. The largest absolute Gasteiger partial charge is 0.296 e. The number of rotatable bonds is 3. The molecular weight excluding hydrogens is 290 g/mol. The number of nitrogens with one attached hydrogen (secondary N) is 1. The highest BCUT2D eigenvalue weighted by molar-refractivity contribution is 9.10. The molecule has 0 bridgehead atoms. The molecule has 1 N–H and O–H groups in total. The van der Waals surface area contributed by atoms with Crippen molar-refractivity contribution in [2.45, 2.75) is 25.9 Å². The summed E-state index contributed by atoms with van der Waals surface area (Å²) >= 11 is 3.51. The lowest BCUT2D eigenvalue weighted by atomic mass is 10.0. The fraction of sp³-hybridized carbons (Fsp3) is 0.286. The third kappa shape index (κ3) is 2.53. The van der Waals surface area contributed by atoms with Crippen LogP contribution in [0.25, 0.3) is 10.9 Å². The molecule has 3 nitrogen and oxygen atoms in total. The molecule has 1 aromatic carbocycles. The van der Waals surface area contributed by atoms with Crippen molar-refractivity contribution in [3.05, 3.63) is 40.5 Å². The van der Waals surface area contributed by atoms with Crippen LogP contribution in [0.1, 0.15) is 25.5 Å². The molecule has 1 heterocycles. The van der Waals surface area contributed by atoms with Gasteiger partial charge in [0.1, 0.15) is 6.04 Å². The molecule has 18 heavy (non-hydrogen) atoms. The molecule has 2 aromatic rings. The van der Waals surface area contributed by atoms with Gasteiger partial charge < -0.3 is 0 Å². The van der Waals surface area contributed by atoms with Crippen LogP contribution in [0.2, 0.25) is 0 Å². The van der Waals surface area contributed by atoms with Crippen molar-refractivity contribution >= 4 is 26.8 Å². The Labute approximate surface area is 115 Å². The SMILES string of the molecule is CC(C)NC(C#N)c1ccc(Br)c2cccnc12. The standard InChI is InChI=1S/C14H14BrN3/c1-9(2)18-13(8-16)11-5-6-12(15)10-4-3-7-17-14(10)11/h3-7,9,13,18H,1-2H3. The summed E-state index contributed by atoms with van der Waals surface area (Å²) in [5, 5.41) is 13.6. The van der Waals surface area contributed by atoms with Gasteiger partial charge in [-0.25, -0.2) is 0 Å². The fourth-order valence-electron chi connectivity index (χ4n) is 1.92. The number of halogens is 1. The van der Waals surface area contributed by atoms with E-state index in [-0.39, 0.29) is 12.1 Å². The first-order chi connectivity index (χ1) is 8.63. The predicted octanol–water partition coefficient (Wildman–Crippen LogP) is 3.56. The number of hydrogen-bond acceptors (Lipinski definition) is 3. The molecule has 4 heteroatoms. The van der Waals surface area contributed by atoms with E-state index in [0.29, 0.717) is 0 Å². The van der Waals surface area contributed by atoms with Crippen LogP contribution in [-0.4, -0.2) is 11.0 Å². The number of nitriles is 1. The van der Waals surface area contributed by atoms with Crippen LogP contribution in [0.3, 0.4) is 0 Å². The van der Waals surface area contributed by atoms with Crippen molar-refractivity contribution in [3.8, 4) is 6.07 Å². The van der Waals surface area contributed by atoms with Crippen LogP contribution in [0.15, 0.2) is 34.9 Å². The summed E-state index contributed by atoms with van der Waals surface area (Å²) in [7, 11) is 0. The van der Waals surface area contributed by atoms with Gasteiger partial charge in [-0.05, 0) is 26.0 Å². The highest BCUT2D eigenvalue weighted by Crippen LogP contribution is 2.28. The second kappa shape index (κ2) is 5.47. The van der Waals surface area contributed by atoms with Crippen LogP contribution in [-0.2, 0) is 0 Å². The number of hydrogen-bond donors (Lipinski definition) is 1. The number of fused-ring (bicyclic) bond motifs is 1. The molecule has 0 saturated heterocycles. The summed E-state index contributed by atoms with van der Waals surface area (Å²) in [6.45, 7) is 4.05. The van der Waals surface area contributed by atoms with E-state index in [1.54, 1.807) is 6.20 Å². The first-order valence-corrected chi connectivity index (χ1v) is 6.61. The molecule has 0 radical (unpaired) electrons. The first-order valence-electron chi connectivity index (χ1n) is 5.82. The second-order valence-corrected chi connectivity index (χ2v) is 5.27. The zero-order valence-electron chi connectivity index (χ0n) is 10.3. The van der Waals surface area contributed by atoms with Crippen molar-refractivity contribution in [2.75, 3.05) is 0 Å². The molecule has 0 spiro atoms. The summed E-state index contributed by atoms with van der Waals surface area (Å²) < 4.78 is 0.996. The van der Waals surface area contributed by atoms with Crippen LogP contribution in [0.5, 0.6) is 0 Å². The Morgan fingerprint density at radius 2 is 2.11 bits per heavy atom. The van der Waals surface area contributed by atoms with Gasteiger partial charge in [0.2, 0.25) is 0 Å². The molecule has 0 aliphatic carbocycles. The molecule has 1 aromatic heterocycles. The predicted molar refractivity (Wildman–Crippen MR) is 76.1 cm³/mol. The number of pyridine rings is 1. The Bertz CT molecular complexity index is 602. The Hall–Kier alpha value is -1.44. The first kappa shape index (κ1) is 13.0. The number of nitrogens with zero attached hydrogens (tertiary/aromatic N) is 2. The minimum atomic E-state index is -0.338. The highest BCUT2D eigenvalue weighted by Gasteiger charge is 2.16. The maximum Gasteiger partial charge on any atom is 0.123 e. The Kier molecular flexibility index (Phi) is 3.95. The smallest absolute Gasteiger partial charge is 0.123 e. The minimum absolute atomic E-state index is 0.247. The average molecular weight is 304 g/mol. The fourth-order valence-corrected chi connectivity index (χ4v) is 2.37. The van der Waals surface area contributed by atoms with Gasteiger partial charge in [0.15, 0.2) is 0 Å². The molecule has 0 aliphatic heterocycles. The molecule has 0 saturated carbocycles. The van der Waals surface area contributed by atoms with Crippen molar-refractivity contribution in [2.24, 2.45) is 0 Å². The van der Waals surface area contributed by atoms with Crippen molar-refractivity contribution in [1.82, 2.24) is 10.3 Å². The van der Waals surface area contributed by atoms with Gasteiger partial charge in [-0.1, -0.05) is 28.1 Å². The summed E-state index contributed by atoms with van der Waals surface area (Å²) in [5.41, 5.74) is 1.79. The third-order valence-corrected chi connectivity index (χ3v) is 3.38. The second-order valence-electron chi connectivity index (χ2n) is 4.42. The van der Waals surface area contributed by atoms with E-state index in [0.717, 1.165) is 20.9 Å². The minimum Gasteiger partial charge on any atom is -0.296 e. The maximum atomic E-state index is 9.31. The Morgan fingerprint density at radius 3 is 2.78 bits per heavy atom. The van der Waals surface area contributed by atoms with Gasteiger partial charge in [-0.2, -0.15) is 5.26 Å². The Morgan fingerprint density at radius 1 is 1.33 bits per heavy atom. The molecule has 0 amide bonds. The summed E-state index contributed by atoms with van der Waals surface area (Å²) in [6, 6.07) is 10.0. The lowest BCUT2D eigenvalue weighted by molar-refractivity contribution is 0.548. The molecular formula is C14H14BrN3. The summed E-state index contributed by atoms with van der Waals surface area (Å²) in [5.74, 6) is 0. The van der Waals surface area contributed by atoms with E-state index in [2.05, 4.69) is 32.3 Å². The summed E-state index contributed by atoms with van der Waals surface area (Å²) in [6.07, 6.45) is 1.75. The van der Waals surface area contributed by atoms with E-state index in [9.17, 15) is 5.26 Å². The molecule has 2 rings (SSSR count).